The minimum absolute atomic E-state index is 0.0570. The van der Waals surface area contributed by atoms with Crippen molar-refractivity contribution in [1.82, 2.24) is 4.90 Å². The van der Waals surface area contributed by atoms with Crippen LogP contribution in [0.25, 0.3) is 0 Å². The van der Waals surface area contributed by atoms with Crippen LogP contribution in [0.3, 0.4) is 0 Å². The number of carbonyl (C=O) groups is 2. The second-order valence-electron chi connectivity index (χ2n) is 7.32. The fourth-order valence-electron chi connectivity index (χ4n) is 3.54. The fourth-order valence-corrected chi connectivity index (χ4v) is 3.86. The van der Waals surface area contributed by atoms with Crippen molar-refractivity contribution in [3.63, 3.8) is 0 Å². The van der Waals surface area contributed by atoms with Gasteiger partial charge in [0.15, 0.2) is 0 Å². The Bertz CT molecular complexity index is 1090. The van der Waals surface area contributed by atoms with Gasteiger partial charge in [0.2, 0.25) is 0 Å². The van der Waals surface area contributed by atoms with Gasteiger partial charge in [-0.05, 0) is 60.5 Å². The number of rotatable bonds is 5. The summed E-state index contributed by atoms with van der Waals surface area (Å²) in [6.45, 7) is 1.80. The van der Waals surface area contributed by atoms with E-state index in [0.717, 1.165) is 17.7 Å². The Balaban J connectivity index is 1.43. The summed E-state index contributed by atoms with van der Waals surface area (Å²) in [6, 6.07) is 21.7. The fraction of sp³-hybridized carbons (Fsp3) is 0.167. The van der Waals surface area contributed by atoms with E-state index in [1.54, 1.807) is 46.2 Å². The van der Waals surface area contributed by atoms with Gasteiger partial charge in [-0.2, -0.15) is 0 Å². The van der Waals surface area contributed by atoms with Gasteiger partial charge in [-0.3, -0.25) is 9.69 Å². The molecule has 3 aromatic carbocycles. The van der Waals surface area contributed by atoms with Crippen molar-refractivity contribution in [3.8, 4) is 0 Å². The maximum atomic E-state index is 13.1. The highest BCUT2D eigenvalue weighted by molar-refractivity contribution is 6.42. The molecule has 1 fully saturated rings. The summed E-state index contributed by atoms with van der Waals surface area (Å²) in [6.07, 6.45) is 0.861. The van der Waals surface area contributed by atoms with Gasteiger partial charge < -0.3 is 10.2 Å². The molecule has 0 aromatic heterocycles. The Morgan fingerprint density at radius 1 is 0.903 bits per heavy atom. The first-order valence-electron chi connectivity index (χ1n) is 9.98. The molecule has 4 rings (SSSR count). The van der Waals surface area contributed by atoms with Gasteiger partial charge in [0.1, 0.15) is 0 Å². The molecule has 1 saturated heterocycles. The number of amides is 3. The Hall–Kier alpha value is -3.02. The summed E-state index contributed by atoms with van der Waals surface area (Å²) in [5.41, 5.74) is 3.00. The predicted molar refractivity (Wildman–Crippen MR) is 125 cm³/mol. The molecular weight excluding hydrogens is 433 g/mol. The predicted octanol–water partition coefficient (Wildman–Crippen LogP) is 6.08. The Morgan fingerprint density at radius 3 is 2.35 bits per heavy atom. The van der Waals surface area contributed by atoms with Gasteiger partial charge >= 0.3 is 6.03 Å². The minimum Gasteiger partial charge on any atom is -0.322 e. The normalized spacial score (nSPS) is 13.9. The van der Waals surface area contributed by atoms with Gasteiger partial charge in [0, 0.05) is 36.6 Å². The van der Waals surface area contributed by atoms with E-state index in [1.807, 2.05) is 36.4 Å². The van der Waals surface area contributed by atoms with Gasteiger partial charge in [-0.25, -0.2) is 4.79 Å². The lowest BCUT2D eigenvalue weighted by molar-refractivity contribution is 0.102. The molecule has 1 N–H and O–H groups in total. The molecule has 0 bridgehead atoms. The van der Waals surface area contributed by atoms with Crippen LogP contribution in [0.4, 0.5) is 16.2 Å². The largest absolute Gasteiger partial charge is 0.324 e. The summed E-state index contributed by atoms with van der Waals surface area (Å²) < 4.78 is 0. The molecule has 0 radical (unpaired) electrons. The van der Waals surface area contributed by atoms with Crippen molar-refractivity contribution in [1.29, 1.82) is 0 Å². The third-order valence-corrected chi connectivity index (χ3v) is 5.88. The Kier molecular flexibility index (Phi) is 6.44. The number of hydrogen-bond acceptors (Lipinski definition) is 2. The molecule has 1 aliphatic heterocycles. The molecule has 0 spiro atoms. The third-order valence-electron chi connectivity index (χ3n) is 5.14. The number of hydrogen-bond donors (Lipinski definition) is 1. The summed E-state index contributed by atoms with van der Waals surface area (Å²) in [4.78, 5) is 28.9. The Labute approximate surface area is 191 Å². The number of nitrogens with one attached hydrogen (secondary N) is 1. The van der Waals surface area contributed by atoms with Crippen LogP contribution < -0.4 is 10.2 Å². The monoisotopic (exact) mass is 453 g/mol. The van der Waals surface area contributed by atoms with Gasteiger partial charge in [0.25, 0.3) is 5.91 Å². The first kappa shape index (κ1) is 21.2. The molecule has 7 heteroatoms. The zero-order valence-corrected chi connectivity index (χ0v) is 18.2. The molecule has 0 aliphatic carbocycles. The van der Waals surface area contributed by atoms with E-state index >= 15 is 0 Å². The smallest absolute Gasteiger partial charge is 0.322 e. The van der Waals surface area contributed by atoms with Crippen LogP contribution >= 0.6 is 23.2 Å². The molecule has 1 aliphatic rings. The molecule has 3 aromatic rings. The van der Waals surface area contributed by atoms with Crippen molar-refractivity contribution >= 4 is 46.5 Å². The molecular formula is C24H21Cl2N3O2. The van der Waals surface area contributed by atoms with E-state index in [-0.39, 0.29) is 11.9 Å². The van der Waals surface area contributed by atoms with E-state index < -0.39 is 0 Å². The van der Waals surface area contributed by atoms with Crippen LogP contribution in [0.5, 0.6) is 0 Å². The molecule has 5 nitrogen and oxygen atoms in total. The zero-order valence-electron chi connectivity index (χ0n) is 16.7. The van der Waals surface area contributed by atoms with Crippen molar-refractivity contribution in [3.05, 3.63) is 94.0 Å². The lowest BCUT2D eigenvalue weighted by Gasteiger charge is -2.35. The van der Waals surface area contributed by atoms with Crippen molar-refractivity contribution in [2.75, 3.05) is 23.3 Å². The molecule has 158 valence electrons. The molecule has 0 atom stereocenters. The van der Waals surface area contributed by atoms with Crippen LogP contribution in [0.1, 0.15) is 22.3 Å². The number of halogens is 2. The number of anilines is 2. The SMILES string of the molecule is O=C(Nc1ccc(N2CCCN(Cc3ccc(Cl)c(Cl)c3)C2=O)cc1)c1ccccc1. The van der Waals surface area contributed by atoms with E-state index in [4.69, 9.17) is 23.2 Å². The maximum absolute atomic E-state index is 13.1. The van der Waals surface area contributed by atoms with Crippen LogP contribution in [0.2, 0.25) is 10.0 Å². The highest BCUT2D eigenvalue weighted by Crippen LogP contribution is 2.26. The summed E-state index contributed by atoms with van der Waals surface area (Å²) >= 11 is 12.1. The number of nitrogens with zero attached hydrogens (tertiary/aromatic N) is 2. The van der Waals surface area contributed by atoms with Crippen LogP contribution in [0, 0.1) is 0 Å². The highest BCUT2D eigenvalue weighted by atomic mass is 35.5. The third kappa shape index (κ3) is 5.01. The standard InChI is InChI=1S/C24H21Cl2N3O2/c25-21-12-7-17(15-22(21)26)16-28-13-4-14-29(24(28)31)20-10-8-19(9-11-20)27-23(30)18-5-2-1-3-6-18/h1-3,5-12,15H,4,13-14,16H2,(H,27,30). The first-order chi connectivity index (χ1) is 15.0. The minimum atomic E-state index is -0.171. The Morgan fingerprint density at radius 2 is 1.65 bits per heavy atom. The van der Waals surface area contributed by atoms with E-state index in [9.17, 15) is 9.59 Å². The zero-order chi connectivity index (χ0) is 21.8. The van der Waals surface area contributed by atoms with Gasteiger partial charge in [-0.15, -0.1) is 0 Å². The number of urea groups is 1. The van der Waals surface area contributed by atoms with E-state index in [0.29, 0.717) is 40.9 Å². The van der Waals surface area contributed by atoms with E-state index in [1.165, 1.54) is 0 Å². The number of benzene rings is 3. The quantitative estimate of drug-likeness (QED) is 0.508. The highest BCUT2D eigenvalue weighted by Gasteiger charge is 2.27. The van der Waals surface area contributed by atoms with Crippen molar-refractivity contribution in [2.45, 2.75) is 13.0 Å². The first-order valence-corrected chi connectivity index (χ1v) is 10.7. The average Bonchev–Trinajstić information content (AvgIpc) is 2.79. The molecule has 1 heterocycles. The van der Waals surface area contributed by atoms with Gasteiger partial charge in [-0.1, -0.05) is 47.5 Å². The second kappa shape index (κ2) is 9.41. The van der Waals surface area contributed by atoms with Crippen LogP contribution in [-0.4, -0.2) is 29.9 Å². The maximum Gasteiger partial charge on any atom is 0.324 e. The summed E-state index contributed by atoms with van der Waals surface area (Å²) in [5.74, 6) is -0.171. The van der Waals surface area contributed by atoms with Crippen LogP contribution in [-0.2, 0) is 6.54 Å². The van der Waals surface area contributed by atoms with Crippen molar-refractivity contribution in [2.24, 2.45) is 0 Å². The van der Waals surface area contributed by atoms with Gasteiger partial charge in [0.05, 0.1) is 10.0 Å². The molecule has 31 heavy (non-hydrogen) atoms. The van der Waals surface area contributed by atoms with E-state index in [2.05, 4.69) is 5.32 Å². The summed E-state index contributed by atoms with van der Waals surface area (Å²) in [7, 11) is 0. The molecule has 0 unspecified atom stereocenters. The van der Waals surface area contributed by atoms with Crippen molar-refractivity contribution < 1.29 is 9.59 Å². The lowest BCUT2D eigenvalue weighted by Crippen LogP contribution is -2.49. The molecule has 0 saturated carbocycles. The lowest BCUT2D eigenvalue weighted by atomic mass is 10.1. The van der Waals surface area contributed by atoms with Crippen LogP contribution in [0.15, 0.2) is 72.8 Å². The second-order valence-corrected chi connectivity index (χ2v) is 8.14. The molecule has 3 amide bonds. The average molecular weight is 454 g/mol. The number of carbonyl (C=O) groups excluding carboxylic acids is 2. The topological polar surface area (TPSA) is 52.7 Å². The summed E-state index contributed by atoms with van der Waals surface area (Å²) in [5, 5.41) is 3.85.